The van der Waals surface area contributed by atoms with Gasteiger partial charge in [-0.05, 0) is 31.2 Å². The van der Waals surface area contributed by atoms with E-state index in [1.807, 2.05) is 0 Å². The van der Waals surface area contributed by atoms with Crippen LogP contribution in [-0.4, -0.2) is 35.8 Å². The fourth-order valence-corrected chi connectivity index (χ4v) is 3.65. The van der Waals surface area contributed by atoms with Crippen LogP contribution >= 0.6 is 12.4 Å². The van der Waals surface area contributed by atoms with Crippen molar-refractivity contribution in [2.45, 2.75) is 25.2 Å². The zero-order chi connectivity index (χ0) is 19.7. The molecule has 2 heterocycles. The van der Waals surface area contributed by atoms with Crippen LogP contribution in [0.1, 0.15) is 22.3 Å². The van der Waals surface area contributed by atoms with Crippen LogP contribution in [-0.2, 0) is 6.54 Å². The number of hydrogen-bond donors (Lipinski definition) is 2. The van der Waals surface area contributed by atoms with Crippen LogP contribution in [0.2, 0.25) is 0 Å². The van der Waals surface area contributed by atoms with Gasteiger partial charge in [0.15, 0.2) is 0 Å². The third kappa shape index (κ3) is 4.26. The minimum atomic E-state index is -1.20. The summed E-state index contributed by atoms with van der Waals surface area (Å²) in [5, 5.41) is 5.77. The molecule has 8 heteroatoms. The van der Waals surface area contributed by atoms with E-state index >= 15 is 0 Å². The van der Waals surface area contributed by atoms with Gasteiger partial charge in [0.05, 0.1) is 23.7 Å². The standard InChI is InChI=1S/C21H20F3N3O.ClH/c22-15-5-2-1-4-13(15)11-27-12-14(20-16(23)6-3-7-19(20)27)21(28)26-18-8-9-25-10-17(18)24;/h1-7,12,17-18,25H,8-11H2,(H,26,28);1H. The Morgan fingerprint density at radius 3 is 2.66 bits per heavy atom. The van der Waals surface area contributed by atoms with Gasteiger partial charge < -0.3 is 15.2 Å². The Morgan fingerprint density at radius 2 is 1.90 bits per heavy atom. The average Bonchev–Trinajstić information content (AvgIpc) is 3.05. The van der Waals surface area contributed by atoms with Crippen molar-refractivity contribution in [1.82, 2.24) is 15.2 Å². The Kier molecular flexibility index (Phi) is 6.49. The van der Waals surface area contributed by atoms with Crippen LogP contribution < -0.4 is 10.6 Å². The topological polar surface area (TPSA) is 46.1 Å². The van der Waals surface area contributed by atoms with Gasteiger partial charge in [-0.15, -0.1) is 12.4 Å². The molecule has 1 aliphatic rings. The van der Waals surface area contributed by atoms with Crippen LogP contribution in [0, 0.1) is 11.6 Å². The minimum absolute atomic E-state index is 0. The molecule has 2 unspecified atom stereocenters. The molecule has 2 aromatic carbocycles. The zero-order valence-electron chi connectivity index (χ0n) is 15.5. The van der Waals surface area contributed by atoms with E-state index in [4.69, 9.17) is 0 Å². The molecular formula is C21H21ClF3N3O. The summed E-state index contributed by atoms with van der Waals surface area (Å²) in [4.78, 5) is 12.8. The molecule has 1 amide bonds. The van der Waals surface area contributed by atoms with Crippen LogP contribution in [0.25, 0.3) is 10.9 Å². The summed E-state index contributed by atoms with van der Waals surface area (Å²) in [5.41, 5.74) is 1.03. The number of nitrogens with zero attached hydrogens (tertiary/aromatic N) is 1. The first-order valence-electron chi connectivity index (χ1n) is 9.21. The lowest BCUT2D eigenvalue weighted by atomic mass is 10.0. The summed E-state index contributed by atoms with van der Waals surface area (Å²) in [6.07, 6.45) is 0.766. The fraction of sp³-hybridized carbons (Fsp3) is 0.286. The first kappa shape index (κ1) is 21.2. The largest absolute Gasteiger partial charge is 0.346 e. The quantitative estimate of drug-likeness (QED) is 0.670. The highest BCUT2D eigenvalue weighted by molar-refractivity contribution is 6.07. The van der Waals surface area contributed by atoms with Crippen molar-refractivity contribution < 1.29 is 18.0 Å². The van der Waals surface area contributed by atoms with Gasteiger partial charge in [-0.1, -0.05) is 24.3 Å². The number of aromatic nitrogens is 1. The number of fused-ring (bicyclic) bond motifs is 1. The second kappa shape index (κ2) is 8.88. The summed E-state index contributed by atoms with van der Waals surface area (Å²) in [6, 6.07) is 10.2. The maximum absolute atomic E-state index is 14.5. The lowest BCUT2D eigenvalue weighted by Gasteiger charge is -2.27. The van der Waals surface area contributed by atoms with Crippen molar-refractivity contribution in [1.29, 1.82) is 0 Å². The molecule has 1 fully saturated rings. The van der Waals surface area contributed by atoms with Crippen molar-refractivity contribution in [2.24, 2.45) is 0 Å². The molecule has 3 aromatic rings. The summed E-state index contributed by atoms with van der Waals surface area (Å²) >= 11 is 0. The van der Waals surface area contributed by atoms with Crippen molar-refractivity contribution in [3.8, 4) is 0 Å². The van der Waals surface area contributed by atoms with Crippen molar-refractivity contribution >= 4 is 29.2 Å². The number of piperidine rings is 1. The van der Waals surface area contributed by atoms with Crippen molar-refractivity contribution in [3.05, 3.63) is 71.4 Å². The molecule has 1 saturated heterocycles. The summed E-state index contributed by atoms with van der Waals surface area (Å²) in [7, 11) is 0. The third-order valence-electron chi connectivity index (χ3n) is 5.12. The van der Waals surface area contributed by atoms with E-state index in [1.165, 1.54) is 18.3 Å². The Bertz CT molecular complexity index is 1020. The van der Waals surface area contributed by atoms with Gasteiger partial charge in [0.2, 0.25) is 0 Å². The molecule has 29 heavy (non-hydrogen) atoms. The Hall–Kier alpha value is -2.51. The lowest BCUT2D eigenvalue weighted by molar-refractivity contribution is 0.0893. The number of hydrogen-bond acceptors (Lipinski definition) is 2. The van der Waals surface area contributed by atoms with E-state index in [-0.39, 0.29) is 42.3 Å². The average molecular weight is 424 g/mol. The number of rotatable bonds is 4. The number of benzene rings is 2. The highest BCUT2D eigenvalue weighted by Gasteiger charge is 2.28. The van der Waals surface area contributed by atoms with E-state index in [1.54, 1.807) is 34.9 Å². The Morgan fingerprint density at radius 1 is 1.14 bits per heavy atom. The molecule has 2 atom stereocenters. The molecule has 1 aromatic heterocycles. The molecule has 4 nitrogen and oxygen atoms in total. The summed E-state index contributed by atoms with van der Waals surface area (Å²) in [6.45, 7) is 0.933. The van der Waals surface area contributed by atoms with Gasteiger partial charge in [-0.25, -0.2) is 13.2 Å². The predicted octanol–water partition coefficient (Wildman–Crippen LogP) is 3.82. The van der Waals surface area contributed by atoms with Gasteiger partial charge in [-0.2, -0.15) is 0 Å². The Labute approximate surface area is 172 Å². The first-order chi connectivity index (χ1) is 13.5. The highest BCUT2D eigenvalue weighted by atomic mass is 35.5. The van der Waals surface area contributed by atoms with Crippen LogP contribution in [0.3, 0.4) is 0 Å². The number of nitrogens with one attached hydrogen (secondary N) is 2. The molecule has 154 valence electrons. The predicted molar refractivity (Wildman–Crippen MR) is 108 cm³/mol. The highest BCUT2D eigenvalue weighted by Crippen LogP contribution is 2.26. The van der Waals surface area contributed by atoms with Gasteiger partial charge in [0.25, 0.3) is 5.91 Å². The first-order valence-corrected chi connectivity index (χ1v) is 9.21. The van der Waals surface area contributed by atoms with E-state index < -0.39 is 23.9 Å². The maximum atomic E-state index is 14.5. The second-order valence-corrected chi connectivity index (χ2v) is 6.98. The summed E-state index contributed by atoms with van der Waals surface area (Å²) in [5.74, 6) is -1.45. The van der Waals surface area contributed by atoms with Gasteiger partial charge in [0, 0.05) is 23.7 Å². The molecule has 0 saturated carbocycles. The van der Waals surface area contributed by atoms with Crippen molar-refractivity contribution in [3.63, 3.8) is 0 Å². The second-order valence-electron chi connectivity index (χ2n) is 6.98. The smallest absolute Gasteiger partial charge is 0.253 e. The van der Waals surface area contributed by atoms with E-state index in [0.29, 0.717) is 24.0 Å². The monoisotopic (exact) mass is 423 g/mol. The fourth-order valence-electron chi connectivity index (χ4n) is 3.65. The van der Waals surface area contributed by atoms with Crippen molar-refractivity contribution in [2.75, 3.05) is 13.1 Å². The lowest BCUT2D eigenvalue weighted by Crippen LogP contribution is -2.50. The molecule has 0 radical (unpaired) electrons. The van der Waals surface area contributed by atoms with Crippen LogP contribution in [0.5, 0.6) is 0 Å². The van der Waals surface area contributed by atoms with Crippen LogP contribution in [0.4, 0.5) is 13.2 Å². The normalized spacial score (nSPS) is 19.0. The number of alkyl halides is 1. The Balaban J connectivity index is 0.00000240. The SMILES string of the molecule is Cl.O=C(NC1CCNCC1F)c1cn(Cc2ccccc2F)c2cccc(F)c12. The molecule has 4 rings (SSSR count). The van der Waals surface area contributed by atoms with Gasteiger partial charge >= 0.3 is 0 Å². The number of carbonyl (C=O) groups is 1. The molecule has 1 aliphatic heterocycles. The minimum Gasteiger partial charge on any atom is -0.346 e. The van der Waals surface area contributed by atoms with Gasteiger partial charge in [-0.3, -0.25) is 4.79 Å². The molecule has 2 N–H and O–H groups in total. The molecule has 0 spiro atoms. The molecule has 0 aliphatic carbocycles. The van der Waals surface area contributed by atoms with Gasteiger partial charge in [0.1, 0.15) is 17.8 Å². The van der Waals surface area contributed by atoms with E-state index in [9.17, 15) is 18.0 Å². The van der Waals surface area contributed by atoms with E-state index in [2.05, 4.69) is 10.6 Å². The number of carbonyl (C=O) groups excluding carboxylic acids is 1. The molecular weight excluding hydrogens is 403 g/mol. The third-order valence-corrected chi connectivity index (χ3v) is 5.12. The number of halogens is 4. The summed E-state index contributed by atoms with van der Waals surface area (Å²) < 4.78 is 44.3. The molecule has 0 bridgehead atoms. The van der Waals surface area contributed by atoms with Crippen LogP contribution in [0.15, 0.2) is 48.7 Å². The van der Waals surface area contributed by atoms with E-state index in [0.717, 1.165) is 0 Å². The zero-order valence-corrected chi connectivity index (χ0v) is 16.3. The maximum Gasteiger partial charge on any atom is 0.253 e. The number of amides is 1.